The molecule has 0 unspecified atom stereocenters. The monoisotopic (exact) mass is 329 g/mol. The third-order valence-corrected chi connectivity index (χ3v) is 6.77. The van der Waals surface area contributed by atoms with Gasteiger partial charge in [0, 0.05) is 38.0 Å². The average molecular weight is 329 g/mol. The van der Waals surface area contributed by atoms with E-state index in [2.05, 4.69) is 11.0 Å². The van der Waals surface area contributed by atoms with Crippen LogP contribution in [0, 0.1) is 28.1 Å². The van der Waals surface area contributed by atoms with E-state index in [0.717, 1.165) is 57.5 Å². The number of rotatable bonds is 3. The molecule has 1 spiro atoms. The van der Waals surface area contributed by atoms with Crippen molar-refractivity contribution in [2.45, 2.75) is 57.8 Å². The number of nitrogens with zero attached hydrogens (tertiary/aromatic N) is 3. The first-order valence-corrected chi connectivity index (χ1v) is 9.54. The lowest BCUT2D eigenvalue weighted by molar-refractivity contribution is -0.141. The summed E-state index contributed by atoms with van der Waals surface area (Å²) < 4.78 is 0. The highest BCUT2D eigenvalue weighted by atomic mass is 16.2. The predicted molar refractivity (Wildman–Crippen MR) is 88.7 cm³/mol. The Balaban J connectivity index is 1.37. The van der Waals surface area contributed by atoms with Crippen molar-refractivity contribution < 1.29 is 9.59 Å². The van der Waals surface area contributed by atoms with Gasteiger partial charge >= 0.3 is 0 Å². The Kier molecular flexibility index (Phi) is 3.82. The lowest BCUT2D eigenvalue weighted by atomic mass is 9.76. The highest BCUT2D eigenvalue weighted by Crippen LogP contribution is 2.45. The molecule has 0 aromatic carbocycles. The molecule has 0 N–H and O–H groups in total. The van der Waals surface area contributed by atoms with Gasteiger partial charge in [0.05, 0.1) is 6.07 Å². The van der Waals surface area contributed by atoms with E-state index in [1.807, 2.05) is 4.90 Å². The van der Waals surface area contributed by atoms with E-state index in [4.69, 9.17) is 0 Å². The maximum absolute atomic E-state index is 12.9. The topological polar surface area (TPSA) is 64.4 Å². The Morgan fingerprint density at radius 3 is 2.42 bits per heavy atom. The smallest absolute Gasteiger partial charge is 0.243 e. The molecule has 2 saturated heterocycles. The zero-order valence-electron chi connectivity index (χ0n) is 14.4. The third kappa shape index (κ3) is 2.70. The van der Waals surface area contributed by atoms with Gasteiger partial charge in [-0.3, -0.25) is 9.59 Å². The Bertz CT molecular complexity index is 576. The quantitative estimate of drug-likeness (QED) is 0.798. The van der Waals surface area contributed by atoms with Crippen molar-refractivity contribution >= 4 is 11.8 Å². The minimum absolute atomic E-state index is 0.0523. The van der Waals surface area contributed by atoms with Gasteiger partial charge in [0.25, 0.3) is 0 Å². The molecule has 0 bridgehead atoms. The molecule has 0 aromatic rings. The van der Waals surface area contributed by atoms with Crippen LogP contribution in [-0.2, 0) is 9.59 Å². The predicted octanol–water partition coefficient (Wildman–Crippen LogP) is 2.32. The van der Waals surface area contributed by atoms with Crippen molar-refractivity contribution in [3.63, 3.8) is 0 Å². The fraction of sp³-hybridized carbons (Fsp3) is 0.842. The number of piperidine rings is 1. The summed E-state index contributed by atoms with van der Waals surface area (Å²) >= 11 is 0. The fourth-order valence-electron chi connectivity index (χ4n) is 4.93. The SMILES string of the molecule is N#CC1(C(=O)N2CCC3(CC2)CC(=O)N(CC2CC2)C3)CCCC1. The second kappa shape index (κ2) is 5.75. The fourth-order valence-corrected chi connectivity index (χ4v) is 4.93. The van der Waals surface area contributed by atoms with Crippen molar-refractivity contribution in [1.82, 2.24) is 9.80 Å². The highest BCUT2D eigenvalue weighted by molar-refractivity contribution is 5.86. The molecule has 0 atom stereocenters. The first-order chi connectivity index (χ1) is 11.6. The van der Waals surface area contributed by atoms with Crippen molar-refractivity contribution in [2.75, 3.05) is 26.2 Å². The number of amides is 2. The van der Waals surface area contributed by atoms with E-state index in [1.54, 1.807) is 0 Å². The summed E-state index contributed by atoms with van der Waals surface area (Å²) in [5.41, 5.74) is -0.674. The van der Waals surface area contributed by atoms with Gasteiger partial charge in [0.2, 0.25) is 11.8 Å². The van der Waals surface area contributed by atoms with Crippen molar-refractivity contribution in [1.29, 1.82) is 5.26 Å². The van der Waals surface area contributed by atoms with Crippen LogP contribution >= 0.6 is 0 Å². The van der Waals surface area contributed by atoms with Crippen LogP contribution < -0.4 is 0 Å². The van der Waals surface area contributed by atoms with Crippen LogP contribution in [-0.4, -0.2) is 47.8 Å². The molecule has 2 heterocycles. The molecule has 2 saturated carbocycles. The second-order valence-corrected chi connectivity index (χ2v) is 8.59. The minimum atomic E-state index is -0.756. The van der Waals surface area contributed by atoms with E-state index >= 15 is 0 Å². The van der Waals surface area contributed by atoms with Gasteiger partial charge in [-0.1, -0.05) is 12.8 Å². The Morgan fingerprint density at radius 1 is 1.17 bits per heavy atom. The van der Waals surface area contributed by atoms with Crippen molar-refractivity contribution in [3.05, 3.63) is 0 Å². The molecule has 130 valence electrons. The summed E-state index contributed by atoms with van der Waals surface area (Å²) in [5.74, 6) is 1.10. The van der Waals surface area contributed by atoms with Crippen LogP contribution in [0.3, 0.4) is 0 Å². The number of likely N-dealkylation sites (tertiary alicyclic amines) is 2. The van der Waals surface area contributed by atoms with Crippen LogP contribution in [0.25, 0.3) is 0 Å². The Labute approximate surface area is 144 Å². The van der Waals surface area contributed by atoms with Gasteiger partial charge in [-0.15, -0.1) is 0 Å². The zero-order valence-corrected chi connectivity index (χ0v) is 14.4. The van der Waals surface area contributed by atoms with E-state index in [1.165, 1.54) is 12.8 Å². The molecule has 4 rings (SSSR count). The zero-order chi connectivity index (χ0) is 16.8. The number of hydrogen-bond acceptors (Lipinski definition) is 3. The summed E-state index contributed by atoms with van der Waals surface area (Å²) in [6.45, 7) is 3.26. The van der Waals surface area contributed by atoms with Gasteiger partial charge < -0.3 is 9.80 Å². The molecular formula is C19H27N3O2. The maximum atomic E-state index is 12.9. The highest BCUT2D eigenvalue weighted by Gasteiger charge is 2.49. The lowest BCUT2D eigenvalue weighted by Crippen LogP contribution is -2.49. The minimum Gasteiger partial charge on any atom is -0.342 e. The van der Waals surface area contributed by atoms with Crippen LogP contribution in [0.2, 0.25) is 0 Å². The molecular weight excluding hydrogens is 302 g/mol. The molecule has 0 radical (unpaired) electrons. The lowest BCUT2D eigenvalue weighted by Gasteiger charge is -2.40. The summed E-state index contributed by atoms with van der Waals surface area (Å²) in [5, 5.41) is 9.53. The van der Waals surface area contributed by atoms with Crippen LogP contribution in [0.5, 0.6) is 0 Å². The van der Waals surface area contributed by atoms with Gasteiger partial charge in [0.15, 0.2) is 0 Å². The largest absolute Gasteiger partial charge is 0.342 e. The molecule has 24 heavy (non-hydrogen) atoms. The number of carbonyl (C=O) groups excluding carboxylic acids is 2. The first kappa shape index (κ1) is 15.9. The Hall–Kier alpha value is -1.57. The van der Waals surface area contributed by atoms with Crippen LogP contribution in [0.4, 0.5) is 0 Å². The number of nitriles is 1. The van der Waals surface area contributed by atoms with E-state index < -0.39 is 5.41 Å². The molecule has 5 heteroatoms. The molecule has 4 aliphatic rings. The van der Waals surface area contributed by atoms with Gasteiger partial charge in [-0.05, 0) is 44.4 Å². The second-order valence-electron chi connectivity index (χ2n) is 8.59. The normalized spacial score (nSPS) is 28.4. The molecule has 5 nitrogen and oxygen atoms in total. The van der Waals surface area contributed by atoms with E-state index in [0.29, 0.717) is 25.4 Å². The van der Waals surface area contributed by atoms with Crippen LogP contribution in [0.1, 0.15) is 57.8 Å². The number of carbonyl (C=O) groups is 2. The van der Waals surface area contributed by atoms with Crippen LogP contribution in [0.15, 0.2) is 0 Å². The van der Waals surface area contributed by atoms with Crippen molar-refractivity contribution in [2.24, 2.45) is 16.7 Å². The molecule has 2 amide bonds. The summed E-state index contributed by atoms with van der Waals surface area (Å²) in [4.78, 5) is 29.2. The summed E-state index contributed by atoms with van der Waals surface area (Å²) in [6.07, 6.45) is 8.44. The molecule has 2 aliphatic heterocycles. The Morgan fingerprint density at radius 2 is 1.83 bits per heavy atom. The summed E-state index contributed by atoms with van der Waals surface area (Å²) in [7, 11) is 0. The number of hydrogen-bond donors (Lipinski definition) is 0. The average Bonchev–Trinajstić information content (AvgIpc) is 3.18. The van der Waals surface area contributed by atoms with Gasteiger partial charge in [0.1, 0.15) is 5.41 Å². The van der Waals surface area contributed by atoms with Crippen molar-refractivity contribution in [3.8, 4) is 6.07 Å². The molecule has 0 aromatic heterocycles. The first-order valence-electron chi connectivity index (χ1n) is 9.54. The van der Waals surface area contributed by atoms with E-state index in [9.17, 15) is 14.9 Å². The standard InChI is InChI=1S/C19H27N3O2/c20-13-19(5-1-2-6-19)17(24)21-9-7-18(8-10-21)11-16(23)22(14-18)12-15-3-4-15/h15H,1-12,14H2. The molecule has 4 fully saturated rings. The van der Waals surface area contributed by atoms with E-state index in [-0.39, 0.29) is 11.3 Å². The van der Waals surface area contributed by atoms with Gasteiger partial charge in [-0.2, -0.15) is 5.26 Å². The van der Waals surface area contributed by atoms with Gasteiger partial charge in [-0.25, -0.2) is 0 Å². The summed E-state index contributed by atoms with van der Waals surface area (Å²) in [6, 6.07) is 2.32. The molecule has 2 aliphatic carbocycles. The maximum Gasteiger partial charge on any atom is 0.243 e. The third-order valence-electron chi connectivity index (χ3n) is 6.77.